The molecule has 0 heterocycles. The van der Waals surface area contributed by atoms with E-state index >= 15 is 0 Å². The zero-order chi connectivity index (χ0) is 24.3. The van der Waals surface area contributed by atoms with Gasteiger partial charge in [-0.1, -0.05) is 95.9 Å². The van der Waals surface area contributed by atoms with E-state index in [4.69, 9.17) is 0 Å². The highest BCUT2D eigenvalue weighted by molar-refractivity contribution is 5.08. The molecule has 4 rings (SSSR count). The van der Waals surface area contributed by atoms with Crippen LogP contribution in [0.5, 0.6) is 0 Å². The molecule has 2 unspecified atom stereocenters. The van der Waals surface area contributed by atoms with Crippen LogP contribution in [0.15, 0.2) is 24.3 Å². The molecule has 2 atom stereocenters. The van der Waals surface area contributed by atoms with E-state index in [1.54, 1.807) is 38.5 Å². The lowest BCUT2D eigenvalue weighted by Crippen LogP contribution is -2.28. The number of unbranched alkanes of at least 4 members (excludes halogenated alkanes) is 3. The average molecular weight is 481 g/mol. The van der Waals surface area contributed by atoms with Crippen LogP contribution in [0.25, 0.3) is 0 Å². The molecule has 0 aromatic heterocycles. The van der Waals surface area contributed by atoms with E-state index in [2.05, 4.69) is 38.2 Å². The summed E-state index contributed by atoms with van der Waals surface area (Å²) in [5, 5.41) is 0. The third-order valence-electron chi connectivity index (χ3n) is 11.1. The molecule has 0 spiro atoms. The lowest BCUT2D eigenvalue weighted by Gasteiger charge is -2.40. The quantitative estimate of drug-likeness (QED) is 0.204. The van der Waals surface area contributed by atoms with Crippen LogP contribution in [0.2, 0.25) is 0 Å². The summed E-state index contributed by atoms with van der Waals surface area (Å²) in [5.41, 5.74) is 0. The minimum absolute atomic E-state index is 0.729. The third kappa shape index (κ3) is 8.78. The molecule has 4 aliphatic rings. The van der Waals surface area contributed by atoms with Crippen molar-refractivity contribution in [1.29, 1.82) is 0 Å². The van der Waals surface area contributed by atoms with Crippen LogP contribution in [-0.2, 0) is 0 Å². The minimum Gasteiger partial charge on any atom is -0.0848 e. The van der Waals surface area contributed by atoms with Crippen molar-refractivity contribution < 1.29 is 0 Å². The molecule has 0 amide bonds. The summed E-state index contributed by atoms with van der Waals surface area (Å²) in [6.45, 7) is 4.68. The van der Waals surface area contributed by atoms with Crippen molar-refractivity contribution in [2.45, 2.75) is 149 Å². The number of allylic oxidation sites excluding steroid dienone is 4. The molecule has 0 aromatic carbocycles. The van der Waals surface area contributed by atoms with E-state index < -0.39 is 0 Å². The SMILES string of the molecule is CCCCCC1CCC(/C=C/C2C=CC(C3CCC(C4CCC(CCCC)CC4)CC3)CC2)CC1. The lowest BCUT2D eigenvalue weighted by atomic mass is 9.66. The van der Waals surface area contributed by atoms with Gasteiger partial charge in [0.15, 0.2) is 0 Å². The van der Waals surface area contributed by atoms with E-state index in [0.29, 0.717) is 0 Å². The van der Waals surface area contributed by atoms with Crippen molar-refractivity contribution in [3.8, 4) is 0 Å². The molecule has 0 N–H and O–H groups in total. The summed E-state index contributed by atoms with van der Waals surface area (Å²) >= 11 is 0. The smallest absolute Gasteiger partial charge is 0.00531 e. The first kappa shape index (κ1) is 27.5. The first-order valence-corrected chi connectivity index (χ1v) is 16.6. The topological polar surface area (TPSA) is 0 Å². The average Bonchev–Trinajstić information content (AvgIpc) is 2.92. The maximum atomic E-state index is 2.66. The Morgan fingerprint density at radius 3 is 1.69 bits per heavy atom. The van der Waals surface area contributed by atoms with Crippen LogP contribution in [-0.4, -0.2) is 0 Å². The second-order valence-corrected chi connectivity index (χ2v) is 13.5. The molecule has 0 saturated heterocycles. The highest BCUT2D eigenvalue weighted by Crippen LogP contribution is 2.45. The predicted octanol–water partition coefficient (Wildman–Crippen LogP) is 11.3. The molecule has 0 bridgehead atoms. The summed E-state index contributed by atoms with van der Waals surface area (Å²) in [6, 6.07) is 0. The Labute approximate surface area is 220 Å². The molecule has 35 heavy (non-hydrogen) atoms. The fraction of sp³-hybridized carbons (Fsp3) is 0.886. The van der Waals surface area contributed by atoms with Crippen LogP contribution < -0.4 is 0 Å². The zero-order valence-electron chi connectivity index (χ0n) is 23.8. The molecular weight excluding hydrogens is 420 g/mol. The molecular formula is C35H60. The molecule has 3 fully saturated rings. The van der Waals surface area contributed by atoms with E-state index in [-0.39, 0.29) is 0 Å². The highest BCUT2D eigenvalue weighted by Gasteiger charge is 2.33. The van der Waals surface area contributed by atoms with E-state index in [9.17, 15) is 0 Å². The van der Waals surface area contributed by atoms with Gasteiger partial charge in [0.1, 0.15) is 0 Å². The molecule has 0 nitrogen and oxygen atoms in total. The van der Waals surface area contributed by atoms with Crippen molar-refractivity contribution in [3.63, 3.8) is 0 Å². The van der Waals surface area contributed by atoms with Crippen LogP contribution >= 0.6 is 0 Å². The Morgan fingerprint density at radius 2 is 1.09 bits per heavy atom. The number of rotatable bonds is 11. The van der Waals surface area contributed by atoms with Gasteiger partial charge in [0.25, 0.3) is 0 Å². The Morgan fingerprint density at radius 1 is 0.514 bits per heavy atom. The van der Waals surface area contributed by atoms with Crippen molar-refractivity contribution in [2.24, 2.45) is 47.3 Å². The van der Waals surface area contributed by atoms with Crippen molar-refractivity contribution in [1.82, 2.24) is 0 Å². The van der Waals surface area contributed by atoms with Gasteiger partial charge < -0.3 is 0 Å². The molecule has 0 radical (unpaired) electrons. The van der Waals surface area contributed by atoms with Gasteiger partial charge in [-0.25, -0.2) is 0 Å². The Balaban J connectivity index is 1.11. The maximum absolute atomic E-state index is 2.66. The summed E-state index contributed by atoms with van der Waals surface area (Å²) in [6.07, 6.45) is 41.7. The minimum atomic E-state index is 0.729. The lowest BCUT2D eigenvalue weighted by molar-refractivity contribution is 0.127. The Kier molecular flexibility index (Phi) is 11.8. The summed E-state index contributed by atoms with van der Waals surface area (Å²) in [7, 11) is 0. The van der Waals surface area contributed by atoms with Crippen LogP contribution in [0.4, 0.5) is 0 Å². The van der Waals surface area contributed by atoms with Gasteiger partial charge >= 0.3 is 0 Å². The van der Waals surface area contributed by atoms with E-state index in [1.165, 1.54) is 96.3 Å². The number of hydrogen-bond donors (Lipinski definition) is 0. The van der Waals surface area contributed by atoms with Gasteiger partial charge in [0, 0.05) is 0 Å². The predicted molar refractivity (Wildman–Crippen MR) is 155 cm³/mol. The van der Waals surface area contributed by atoms with Crippen LogP contribution in [0.1, 0.15) is 149 Å². The summed E-state index contributed by atoms with van der Waals surface area (Å²) in [5.74, 6) is 7.76. The van der Waals surface area contributed by atoms with Crippen molar-refractivity contribution >= 4 is 0 Å². The monoisotopic (exact) mass is 480 g/mol. The number of hydrogen-bond acceptors (Lipinski definition) is 0. The van der Waals surface area contributed by atoms with Gasteiger partial charge in [-0.15, -0.1) is 0 Å². The highest BCUT2D eigenvalue weighted by atomic mass is 14.4. The normalized spacial score (nSPS) is 38.7. The van der Waals surface area contributed by atoms with E-state index in [0.717, 1.165) is 47.3 Å². The van der Waals surface area contributed by atoms with Gasteiger partial charge in [-0.05, 0) is 124 Å². The molecule has 0 aromatic rings. The van der Waals surface area contributed by atoms with Gasteiger partial charge in [0.2, 0.25) is 0 Å². The van der Waals surface area contributed by atoms with Crippen LogP contribution in [0, 0.1) is 47.3 Å². The molecule has 0 aliphatic heterocycles. The van der Waals surface area contributed by atoms with Gasteiger partial charge in [-0.3, -0.25) is 0 Å². The largest absolute Gasteiger partial charge is 0.0848 e. The standard InChI is InChI=1S/C35H60/c1-3-5-7-9-29-10-12-30(13-11-29)14-15-31-18-22-33(23-19-31)35-26-24-34(25-27-35)32-20-16-28(17-21-32)8-6-4-2/h14-15,18,22,28-35H,3-13,16-17,19-21,23-27H2,1-2H3/b15-14+. The summed E-state index contributed by atoms with van der Waals surface area (Å²) in [4.78, 5) is 0. The Bertz CT molecular complexity index is 604. The first-order valence-electron chi connectivity index (χ1n) is 16.6. The fourth-order valence-corrected chi connectivity index (χ4v) is 8.55. The maximum Gasteiger partial charge on any atom is -0.00531 e. The summed E-state index contributed by atoms with van der Waals surface area (Å²) < 4.78 is 0. The van der Waals surface area contributed by atoms with Gasteiger partial charge in [-0.2, -0.15) is 0 Å². The zero-order valence-corrected chi connectivity index (χ0v) is 23.8. The second kappa shape index (κ2) is 15.0. The first-order chi connectivity index (χ1) is 17.2. The van der Waals surface area contributed by atoms with Crippen molar-refractivity contribution in [2.75, 3.05) is 0 Å². The molecule has 3 saturated carbocycles. The second-order valence-electron chi connectivity index (χ2n) is 13.5. The third-order valence-corrected chi connectivity index (χ3v) is 11.1. The van der Waals surface area contributed by atoms with Crippen molar-refractivity contribution in [3.05, 3.63) is 24.3 Å². The Hall–Kier alpha value is -0.520. The van der Waals surface area contributed by atoms with Gasteiger partial charge in [0.05, 0.1) is 0 Å². The molecule has 4 aliphatic carbocycles. The fourth-order valence-electron chi connectivity index (χ4n) is 8.55. The van der Waals surface area contributed by atoms with E-state index in [1.807, 2.05) is 0 Å². The molecule has 200 valence electrons. The molecule has 0 heteroatoms. The van der Waals surface area contributed by atoms with Crippen LogP contribution in [0.3, 0.4) is 0 Å².